The van der Waals surface area contributed by atoms with Gasteiger partial charge in [0.15, 0.2) is 5.96 Å². The van der Waals surface area contributed by atoms with Crippen LogP contribution in [0.4, 0.5) is 0 Å². The number of H-pyrrole nitrogens is 1. The van der Waals surface area contributed by atoms with Gasteiger partial charge in [0.05, 0.1) is 19.8 Å². The lowest BCUT2D eigenvalue weighted by atomic mass is 10.1. The molecule has 2 aromatic carbocycles. The van der Waals surface area contributed by atoms with Gasteiger partial charge >= 0.3 is 0 Å². The summed E-state index contributed by atoms with van der Waals surface area (Å²) >= 11 is 0. The predicted molar refractivity (Wildman–Crippen MR) is 123 cm³/mol. The van der Waals surface area contributed by atoms with Crippen molar-refractivity contribution < 1.29 is 9.47 Å². The van der Waals surface area contributed by atoms with Crippen LogP contribution in [-0.2, 0) is 29.0 Å². The molecular weight excluding hydrogens is 376 g/mol. The zero-order valence-electron chi connectivity index (χ0n) is 17.9. The molecule has 1 aromatic heterocycles. The molecule has 0 saturated heterocycles. The highest BCUT2D eigenvalue weighted by Gasteiger charge is 2.04. The number of rotatable bonds is 11. The van der Waals surface area contributed by atoms with Crippen molar-refractivity contribution in [1.29, 1.82) is 0 Å². The fourth-order valence-corrected chi connectivity index (χ4v) is 3.34. The lowest BCUT2D eigenvalue weighted by molar-refractivity contribution is 0.0453. The summed E-state index contributed by atoms with van der Waals surface area (Å²) < 4.78 is 11.0. The molecule has 0 radical (unpaired) electrons. The lowest BCUT2D eigenvalue weighted by Crippen LogP contribution is -2.37. The van der Waals surface area contributed by atoms with E-state index in [4.69, 9.17) is 9.47 Å². The molecule has 3 N–H and O–H groups in total. The first kappa shape index (κ1) is 21.9. The molecule has 6 heteroatoms. The van der Waals surface area contributed by atoms with Crippen LogP contribution in [0.3, 0.4) is 0 Å². The van der Waals surface area contributed by atoms with E-state index in [1.165, 1.54) is 22.0 Å². The minimum absolute atomic E-state index is 0.596. The Bertz CT molecular complexity index is 936. The molecule has 0 saturated carbocycles. The predicted octanol–water partition coefficient (Wildman–Crippen LogP) is 3.63. The van der Waals surface area contributed by atoms with E-state index >= 15 is 0 Å². The van der Waals surface area contributed by atoms with E-state index in [0.717, 1.165) is 31.1 Å². The normalized spacial score (nSPS) is 11.7. The summed E-state index contributed by atoms with van der Waals surface area (Å²) in [5.41, 5.74) is 4.84. The number of ether oxygens (including phenoxy) is 2. The number of hydrogen-bond acceptors (Lipinski definition) is 3. The molecule has 3 aromatic rings. The van der Waals surface area contributed by atoms with Gasteiger partial charge in [-0.05, 0) is 36.1 Å². The van der Waals surface area contributed by atoms with Crippen LogP contribution >= 0.6 is 0 Å². The topological polar surface area (TPSA) is 70.7 Å². The molecule has 0 unspecified atom stereocenters. The van der Waals surface area contributed by atoms with E-state index in [1.54, 1.807) is 7.05 Å². The van der Waals surface area contributed by atoms with Crippen molar-refractivity contribution in [3.8, 4) is 0 Å². The van der Waals surface area contributed by atoms with Gasteiger partial charge in [-0.25, -0.2) is 0 Å². The van der Waals surface area contributed by atoms with Crippen LogP contribution in [0.2, 0.25) is 0 Å². The number of hydrogen-bond donors (Lipinski definition) is 3. The van der Waals surface area contributed by atoms with Crippen molar-refractivity contribution >= 4 is 16.9 Å². The van der Waals surface area contributed by atoms with E-state index in [2.05, 4.69) is 75.3 Å². The molecule has 1 heterocycles. The summed E-state index contributed by atoms with van der Waals surface area (Å²) in [7, 11) is 1.80. The summed E-state index contributed by atoms with van der Waals surface area (Å²) in [4.78, 5) is 7.66. The third-order valence-corrected chi connectivity index (χ3v) is 4.88. The van der Waals surface area contributed by atoms with Crippen molar-refractivity contribution in [1.82, 2.24) is 15.6 Å². The first-order chi connectivity index (χ1) is 14.8. The maximum Gasteiger partial charge on any atom is 0.191 e. The Morgan fingerprint density at radius 1 is 1.00 bits per heavy atom. The number of benzene rings is 2. The van der Waals surface area contributed by atoms with Crippen LogP contribution in [0.25, 0.3) is 10.9 Å². The minimum atomic E-state index is 0.596. The third kappa shape index (κ3) is 6.61. The monoisotopic (exact) mass is 408 g/mol. The quantitative estimate of drug-likeness (QED) is 0.257. The molecule has 3 rings (SSSR count). The Balaban J connectivity index is 1.42. The van der Waals surface area contributed by atoms with Crippen LogP contribution in [0.5, 0.6) is 0 Å². The second-order valence-corrected chi connectivity index (χ2v) is 7.03. The van der Waals surface area contributed by atoms with Gasteiger partial charge in [-0.3, -0.25) is 4.99 Å². The Morgan fingerprint density at radius 3 is 2.70 bits per heavy atom. The largest absolute Gasteiger partial charge is 0.379 e. The molecule has 0 fully saturated rings. The van der Waals surface area contributed by atoms with Gasteiger partial charge in [-0.2, -0.15) is 0 Å². The smallest absolute Gasteiger partial charge is 0.191 e. The Morgan fingerprint density at radius 2 is 1.83 bits per heavy atom. The van der Waals surface area contributed by atoms with Gasteiger partial charge in [0.1, 0.15) is 0 Å². The van der Waals surface area contributed by atoms with Crippen molar-refractivity contribution in [3.63, 3.8) is 0 Å². The van der Waals surface area contributed by atoms with Gasteiger partial charge in [0, 0.05) is 43.8 Å². The number of nitrogens with zero attached hydrogens (tertiary/aromatic N) is 1. The standard InChI is InChI=1S/C24H32N4O2/c1-3-29-13-14-30-18-20-8-6-7-19(15-20)16-28-24(25-2)26-12-11-21-17-27-23-10-5-4-9-22(21)23/h4-10,15,17,27H,3,11-14,16,18H2,1-2H3,(H2,25,26,28). The molecule has 0 amide bonds. The zero-order chi connectivity index (χ0) is 21.0. The summed E-state index contributed by atoms with van der Waals surface area (Å²) in [5.74, 6) is 0.799. The van der Waals surface area contributed by atoms with Crippen LogP contribution in [0, 0.1) is 0 Å². The third-order valence-electron chi connectivity index (χ3n) is 4.88. The second-order valence-electron chi connectivity index (χ2n) is 7.03. The Labute approximate surface area is 178 Å². The highest BCUT2D eigenvalue weighted by Crippen LogP contribution is 2.17. The van der Waals surface area contributed by atoms with Crippen LogP contribution < -0.4 is 10.6 Å². The lowest BCUT2D eigenvalue weighted by Gasteiger charge is -2.12. The van der Waals surface area contributed by atoms with E-state index in [0.29, 0.717) is 26.4 Å². The zero-order valence-corrected chi connectivity index (χ0v) is 17.9. The first-order valence-electron chi connectivity index (χ1n) is 10.5. The van der Waals surface area contributed by atoms with Gasteiger partial charge in [0.2, 0.25) is 0 Å². The Kier molecular flexibility index (Phi) is 8.75. The number of para-hydroxylation sites is 1. The van der Waals surface area contributed by atoms with Crippen LogP contribution in [0.1, 0.15) is 23.6 Å². The summed E-state index contributed by atoms with van der Waals surface area (Å²) in [6, 6.07) is 16.8. The molecule has 0 aliphatic heterocycles. The van der Waals surface area contributed by atoms with Crippen molar-refractivity contribution in [3.05, 3.63) is 71.4 Å². The molecule has 0 spiro atoms. The summed E-state index contributed by atoms with van der Waals surface area (Å²) in [6.07, 6.45) is 3.02. The van der Waals surface area contributed by atoms with Gasteiger partial charge < -0.3 is 25.1 Å². The number of nitrogens with one attached hydrogen (secondary N) is 3. The first-order valence-corrected chi connectivity index (χ1v) is 10.5. The van der Waals surface area contributed by atoms with E-state index in [-0.39, 0.29) is 0 Å². The molecular formula is C24H32N4O2. The van der Waals surface area contributed by atoms with Crippen molar-refractivity contribution in [2.75, 3.05) is 33.4 Å². The highest BCUT2D eigenvalue weighted by atomic mass is 16.5. The van der Waals surface area contributed by atoms with Gasteiger partial charge in [0.25, 0.3) is 0 Å². The van der Waals surface area contributed by atoms with Gasteiger partial charge in [-0.15, -0.1) is 0 Å². The summed E-state index contributed by atoms with van der Waals surface area (Å²) in [6.45, 7) is 6.08. The van der Waals surface area contributed by atoms with Crippen molar-refractivity contribution in [2.24, 2.45) is 4.99 Å². The molecule has 0 aliphatic rings. The maximum atomic E-state index is 5.66. The number of aromatic nitrogens is 1. The molecule has 0 atom stereocenters. The van der Waals surface area contributed by atoms with E-state index in [9.17, 15) is 0 Å². The number of aliphatic imine (C=N–C) groups is 1. The maximum absolute atomic E-state index is 5.66. The molecule has 0 aliphatic carbocycles. The fraction of sp³-hybridized carbons (Fsp3) is 0.375. The number of fused-ring (bicyclic) bond motifs is 1. The van der Waals surface area contributed by atoms with Crippen LogP contribution in [0.15, 0.2) is 59.7 Å². The Hall–Kier alpha value is -2.83. The van der Waals surface area contributed by atoms with E-state index in [1.807, 2.05) is 6.92 Å². The molecule has 160 valence electrons. The molecule has 6 nitrogen and oxygen atoms in total. The molecule has 30 heavy (non-hydrogen) atoms. The van der Waals surface area contributed by atoms with Gasteiger partial charge in [-0.1, -0.05) is 42.5 Å². The second kappa shape index (κ2) is 12.0. The highest BCUT2D eigenvalue weighted by molar-refractivity contribution is 5.83. The van der Waals surface area contributed by atoms with E-state index < -0.39 is 0 Å². The number of guanidine groups is 1. The average molecular weight is 409 g/mol. The van der Waals surface area contributed by atoms with Crippen molar-refractivity contribution in [2.45, 2.75) is 26.5 Å². The fourth-order valence-electron chi connectivity index (χ4n) is 3.34. The number of aromatic amines is 1. The SMILES string of the molecule is CCOCCOCc1cccc(CNC(=NC)NCCc2c[nH]c3ccccc23)c1. The molecule has 0 bridgehead atoms. The minimum Gasteiger partial charge on any atom is -0.379 e. The summed E-state index contributed by atoms with van der Waals surface area (Å²) in [5, 5.41) is 8.06. The van der Waals surface area contributed by atoms with Crippen LogP contribution in [-0.4, -0.2) is 44.4 Å². The average Bonchev–Trinajstić information content (AvgIpc) is 3.19.